The number of carbonyl (C=O) groups excluding carboxylic acids is 1. The number of hydrogen-bond donors (Lipinski definition) is 0. The fourth-order valence-corrected chi connectivity index (χ4v) is 4.35. The van der Waals surface area contributed by atoms with Gasteiger partial charge < -0.3 is 18.6 Å². The van der Waals surface area contributed by atoms with Crippen LogP contribution in [-0.2, 0) is 0 Å². The summed E-state index contributed by atoms with van der Waals surface area (Å²) in [5.74, 6) is 2.21. The normalized spacial score (nSPS) is 10.8. The molecule has 0 aliphatic carbocycles. The first-order chi connectivity index (χ1) is 15.9. The monoisotopic (exact) mass is 470 g/mol. The van der Waals surface area contributed by atoms with Gasteiger partial charge in [0.1, 0.15) is 0 Å². The molecule has 2 aromatic carbocycles. The molecule has 0 N–H and O–H groups in total. The maximum Gasteiger partial charge on any atom is 0.277 e. The number of ketones is 1. The van der Waals surface area contributed by atoms with E-state index >= 15 is 0 Å². The Morgan fingerprint density at radius 2 is 1.45 bits per heavy atom. The molecule has 0 aliphatic heterocycles. The van der Waals surface area contributed by atoms with E-state index in [1.807, 2.05) is 53.7 Å². The van der Waals surface area contributed by atoms with E-state index in [0.29, 0.717) is 53.7 Å². The van der Waals surface area contributed by atoms with Gasteiger partial charge in [0.2, 0.25) is 11.6 Å². The second-order valence-corrected chi connectivity index (χ2v) is 8.39. The molecule has 8 heteroatoms. The SMILES string of the molecule is CCOc1cc(-c2nnc(SCC(=O)c3c(C)cc(C)cc3C)o2)cc(OCC)c1OCC. The van der Waals surface area contributed by atoms with Gasteiger partial charge in [0, 0.05) is 11.1 Å². The van der Waals surface area contributed by atoms with E-state index in [0.717, 1.165) is 22.3 Å². The van der Waals surface area contributed by atoms with Crippen LogP contribution in [0.15, 0.2) is 33.9 Å². The van der Waals surface area contributed by atoms with E-state index in [1.54, 1.807) is 12.1 Å². The minimum absolute atomic E-state index is 0.0353. The number of carbonyl (C=O) groups is 1. The number of rotatable bonds is 11. The zero-order valence-electron chi connectivity index (χ0n) is 20.0. The molecule has 0 aliphatic rings. The second-order valence-electron chi connectivity index (χ2n) is 7.46. The Labute approximate surface area is 198 Å². The van der Waals surface area contributed by atoms with E-state index in [4.69, 9.17) is 18.6 Å². The van der Waals surface area contributed by atoms with E-state index in [9.17, 15) is 4.79 Å². The van der Waals surface area contributed by atoms with Gasteiger partial charge in [0.25, 0.3) is 5.22 Å². The van der Waals surface area contributed by atoms with Crippen LogP contribution in [0, 0.1) is 20.8 Å². The highest BCUT2D eigenvalue weighted by molar-refractivity contribution is 7.99. The number of thioether (sulfide) groups is 1. The summed E-state index contributed by atoms with van der Waals surface area (Å²) < 4.78 is 23.1. The van der Waals surface area contributed by atoms with E-state index in [1.165, 1.54) is 11.8 Å². The van der Waals surface area contributed by atoms with Crippen molar-refractivity contribution in [2.75, 3.05) is 25.6 Å². The van der Waals surface area contributed by atoms with Gasteiger partial charge in [-0.15, -0.1) is 10.2 Å². The zero-order valence-corrected chi connectivity index (χ0v) is 20.8. The summed E-state index contributed by atoms with van der Waals surface area (Å²) in [5, 5.41) is 8.59. The molecule has 7 nitrogen and oxygen atoms in total. The maximum atomic E-state index is 12.8. The Morgan fingerprint density at radius 1 is 0.879 bits per heavy atom. The lowest BCUT2D eigenvalue weighted by Gasteiger charge is -2.16. The maximum absolute atomic E-state index is 12.8. The van der Waals surface area contributed by atoms with Crippen molar-refractivity contribution in [1.29, 1.82) is 0 Å². The molecule has 3 rings (SSSR count). The molecule has 0 bridgehead atoms. The summed E-state index contributed by atoms with van der Waals surface area (Å²) in [4.78, 5) is 12.8. The molecule has 176 valence electrons. The highest BCUT2D eigenvalue weighted by Gasteiger charge is 2.20. The van der Waals surface area contributed by atoms with Gasteiger partial charge in [0.15, 0.2) is 17.3 Å². The van der Waals surface area contributed by atoms with E-state index in [2.05, 4.69) is 10.2 Å². The van der Waals surface area contributed by atoms with Crippen molar-refractivity contribution < 1.29 is 23.4 Å². The fourth-order valence-electron chi connectivity index (χ4n) is 3.72. The smallest absolute Gasteiger partial charge is 0.277 e. The number of ether oxygens (including phenoxy) is 3. The number of benzene rings is 2. The third-order valence-corrected chi connectivity index (χ3v) is 5.66. The first-order valence-corrected chi connectivity index (χ1v) is 12.0. The van der Waals surface area contributed by atoms with Gasteiger partial charge in [-0.25, -0.2) is 0 Å². The van der Waals surface area contributed by atoms with Gasteiger partial charge in [-0.3, -0.25) is 4.79 Å². The Balaban J connectivity index is 1.81. The third kappa shape index (κ3) is 5.87. The van der Waals surface area contributed by atoms with Crippen molar-refractivity contribution in [2.45, 2.75) is 46.8 Å². The molecule has 0 radical (unpaired) electrons. The topological polar surface area (TPSA) is 83.7 Å². The summed E-state index contributed by atoms with van der Waals surface area (Å²) in [7, 11) is 0. The predicted molar refractivity (Wildman–Crippen MR) is 129 cm³/mol. The lowest BCUT2D eigenvalue weighted by molar-refractivity contribution is 0.102. The fraction of sp³-hybridized carbons (Fsp3) is 0.400. The molecule has 0 saturated heterocycles. The number of Topliss-reactive ketones (excluding diaryl/α,β-unsaturated/α-hetero) is 1. The first kappa shape index (κ1) is 24.6. The number of nitrogens with zero attached hydrogens (tertiary/aromatic N) is 2. The lowest BCUT2D eigenvalue weighted by Crippen LogP contribution is -2.07. The average molecular weight is 471 g/mol. The number of aryl methyl sites for hydroxylation is 3. The van der Waals surface area contributed by atoms with Gasteiger partial charge in [-0.2, -0.15) is 0 Å². The van der Waals surface area contributed by atoms with Crippen LogP contribution in [0.5, 0.6) is 17.2 Å². The van der Waals surface area contributed by atoms with Crippen LogP contribution in [0.25, 0.3) is 11.5 Å². The molecule has 1 heterocycles. The Morgan fingerprint density at radius 3 is 2.00 bits per heavy atom. The molecule has 3 aromatic rings. The van der Waals surface area contributed by atoms with Crippen LogP contribution >= 0.6 is 11.8 Å². The highest BCUT2D eigenvalue weighted by Crippen LogP contribution is 2.42. The summed E-state index contributed by atoms with van der Waals surface area (Å²) >= 11 is 1.22. The van der Waals surface area contributed by atoms with Crippen molar-refractivity contribution in [3.63, 3.8) is 0 Å². The molecule has 0 fully saturated rings. The average Bonchev–Trinajstić information content (AvgIpc) is 3.23. The standard InChI is InChI=1S/C25H30N2O5S/c1-7-29-20-12-18(13-21(30-8-2)23(20)31-9-3)24-26-27-25(32-24)33-14-19(28)22-16(5)10-15(4)11-17(22)6/h10-13H,7-9,14H2,1-6H3. The Bertz CT molecular complexity index is 1080. The number of hydrogen-bond acceptors (Lipinski definition) is 8. The van der Waals surface area contributed by atoms with Gasteiger partial charge in [-0.05, 0) is 64.8 Å². The van der Waals surface area contributed by atoms with Crippen LogP contribution in [-0.4, -0.2) is 41.6 Å². The molecular formula is C25H30N2O5S. The van der Waals surface area contributed by atoms with Crippen LogP contribution < -0.4 is 14.2 Å². The third-order valence-electron chi connectivity index (χ3n) is 4.85. The molecule has 0 unspecified atom stereocenters. The molecule has 0 atom stereocenters. The van der Waals surface area contributed by atoms with Gasteiger partial charge in [0.05, 0.1) is 25.6 Å². The Kier molecular flexibility index (Phi) is 8.38. The van der Waals surface area contributed by atoms with Crippen molar-refractivity contribution >= 4 is 17.5 Å². The minimum atomic E-state index is 0.0353. The van der Waals surface area contributed by atoms with Gasteiger partial charge >= 0.3 is 0 Å². The van der Waals surface area contributed by atoms with E-state index in [-0.39, 0.29) is 11.5 Å². The zero-order chi connectivity index (χ0) is 24.0. The summed E-state index contributed by atoms with van der Waals surface area (Å²) in [6, 6.07) is 7.63. The molecule has 0 amide bonds. The van der Waals surface area contributed by atoms with E-state index < -0.39 is 0 Å². The Hall–Kier alpha value is -3.00. The largest absolute Gasteiger partial charge is 0.490 e. The predicted octanol–water partition coefficient (Wildman–Crippen LogP) is 5.83. The summed E-state index contributed by atoms with van der Waals surface area (Å²) in [5.41, 5.74) is 4.50. The highest BCUT2D eigenvalue weighted by atomic mass is 32.2. The first-order valence-electron chi connectivity index (χ1n) is 11.0. The molecular weight excluding hydrogens is 440 g/mol. The molecule has 1 aromatic heterocycles. The summed E-state index contributed by atoms with van der Waals surface area (Å²) in [6.45, 7) is 13.1. The van der Waals surface area contributed by atoms with Crippen molar-refractivity contribution in [1.82, 2.24) is 10.2 Å². The lowest BCUT2D eigenvalue weighted by atomic mass is 9.97. The number of aromatic nitrogens is 2. The van der Waals surface area contributed by atoms with Crippen molar-refractivity contribution in [3.05, 3.63) is 46.5 Å². The van der Waals surface area contributed by atoms with Crippen LogP contribution in [0.1, 0.15) is 47.8 Å². The molecule has 33 heavy (non-hydrogen) atoms. The van der Waals surface area contributed by atoms with Crippen LogP contribution in [0.3, 0.4) is 0 Å². The van der Waals surface area contributed by atoms with Crippen LogP contribution in [0.2, 0.25) is 0 Å². The molecule has 0 spiro atoms. The van der Waals surface area contributed by atoms with Crippen molar-refractivity contribution in [3.8, 4) is 28.7 Å². The summed E-state index contributed by atoms with van der Waals surface area (Å²) in [6.07, 6.45) is 0. The van der Waals surface area contributed by atoms with Crippen molar-refractivity contribution in [2.24, 2.45) is 0 Å². The minimum Gasteiger partial charge on any atom is -0.490 e. The van der Waals surface area contributed by atoms with Gasteiger partial charge in [-0.1, -0.05) is 29.5 Å². The van der Waals surface area contributed by atoms with Crippen LogP contribution in [0.4, 0.5) is 0 Å². The molecule has 0 saturated carbocycles. The quantitative estimate of drug-likeness (QED) is 0.256. The second kappa shape index (κ2) is 11.2.